The summed E-state index contributed by atoms with van der Waals surface area (Å²) in [4.78, 5) is 19.2. The molecule has 1 N–H and O–H groups in total. The fourth-order valence-electron chi connectivity index (χ4n) is 1.83. The summed E-state index contributed by atoms with van der Waals surface area (Å²) in [5, 5.41) is 9.65. The standard InChI is InChI=1S/C14H16N2O2S/c1-9-11(5-4-6-12(9)17)14(18)16(3)7-13-10(2)15-8-19-13/h4-6,8,17H,7H2,1-3H3. The van der Waals surface area contributed by atoms with E-state index in [0.29, 0.717) is 17.7 Å². The number of phenolic OH excluding ortho intramolecular Hbond substituents is 1. The molecule has 1 aromatic heterocycles. The molecule has 0 spiro atoms. The summed E-state index contributed by atoms with van der Waals surface area (Å²) in [5.74, 6) is 0.0504. The van der Waals surface area contributed by atoms with Crippen LogP contribution in [0.25, 0.3) is 0 Å². The van der Waals surface area contributed by atoms with Crippen LogP contribution in [0.4, 0.5) is 0 Å². The van der Waals surface area contributed by atoms with Crippen LogP contribution in [-0.4, -0.2) is 27.9 Å². The third-order valence-corrected chi connectivity index (χ3v) is 4.03. The van der Waals surface area contributed by atoms with Crippen molar-refractivity contribution in [2.45, 2.75) is 20.4 Å². The molecule has 0 saturated carbocycles. The zero-order chi connectivity index (χ0) is 14.0. The number of benzene rings is 1. The Kier molecular flexibility index (Phi) is 3.85. The van der Waals surface area contributed by atoms with E-state index in [2.05, 4.69) is 4.98 Å². The van der Waals surface area contributed by atoms with Gasteiger partial charge in [0.2, 0.25) is 0 Å². The highest BCUT2D eigenvalue weighted by atomic mass is 32.1. The van der Waals surface area contributed by atoms with E-state index >= 15 is 0 Å². The number of aryl methyl sites for hydroxylation is 1. The second-order valence-corrected chi connectivity index (χ2v) is 5.41. The maximum Gasteiger partial charge on any atom is 0.254 e. The van der Waals surface area contributed by atoms with E-state index in [1.807, 2.05) is 6.92 Å². The van der Waals surface area contributed by atoms with Gasteiger partial charge in [0.05, 0.1) is 17.7 Å². The van der Waals surface area contributed by atoms with E-state index in [1.165, 1.54) is 0 Å². The molecule has 5 heteroatoms. The SMILES string of the molecule is Cc1ncsc1CN(C)C(=O)c1cccc(O)c1C. The first kappa shape index (κ1) is 13.5. The monoisotopic (exact) mass is 276 g/mol. The summed E-state index contributed by atoms with van der Waals surface area (Å²) < 4.78 is 0. The van der Waals surface area contributed by atoms with Crippen LogP contribution < -0.4 is 0 Å². The summed E-state index contributed by atoms with van der Waals surface area (Å²) in [5.41, 5.74) is 3.88. The van der Waals surface area contributed by atoms with Crippen molar-refractivity contribution in [2.24, 2.45) is 0 Å². The Morgan fingerprint density at radius 1 is 1.42 bits per heavy atom. The average molecular weight is 276 g/mol. The number of hydrogen-bond acceptors (Lipinski definition) is 4. The van der Waals surface area contributed by atoms with E-state index in [9.17, 15) is 9.90 Å². The van der Waals surface area contributed by atoms with Crippen molar-refractivity contribution in [3.8, 4) is 5.75 Å². The van der Waals surface area contributed by atoms with Crippen LogP contribution in [0, 0.1) is 13.8 Å². The number of aromatic hydroxyl groups is 1. The van der Waals surface area contributed by atoms with Gasteiger partial charge in [-0.1, -0.05) is 6.07 Å². The van der Waals surface area contributed by atoms with Gasteiger partial charge in [0.1, 0.15) is 5.75 Å². The molecule has 4 nitrogen and oxygen atoms in total. The Morgan fingerprint density at radius 3 is 2.79 bits per heavy atom. The van der Waals surface area contributed by atoms with Crippen molar-refractivity contribution >= 4 is 17.2 Å². The molecule has 0 radical (unpaired) electrons. The molecule has 0 bridgehead atoms. The zero-order valence-corrected chi connectivity index (χ0v) is 12.0. The summed E-state index contributed by atoms with van der Waals surface area (Å²) >= 11 is 1.54. The van der Waals surface area contributed by atoms with Crippen molar-refractivity contribution in [2.75, 3.05) is 7.05 Å². The van der Waals surface area contributed by atoms with Gasteiger partial charge in [-0.2, -0.15) is 0 Å². The maximum atomic E-state index is 12.4. The van der Waals surface area contributed by atoms with Gasteiger partial charge in [-0.25, -0.2) is 4.98 Å². The highest BCUT2D eigenvalue weighted by molar-refractivity contribution is 7.09. The number of amides is 1. The van der Waals surface area contributed by atoms with Gasteiger partial charge in [0.25, 0.3) is 5.91 Å². The largest absolute Gasteiger partial charge is 0.508 e. The Balaban J connectivity index is 2.20. The third-order valence-electron chi connectivity index (χ3n) is 3.11. The molecule has 0 aliphatic heterocycles. The molecule has 1 heterocycles. The molecule has 0 unspecified atom stereocenters. The van der Waals surface area contributed by atoms with Gasteiger partial charge in [-0.3, -0.25) is 4.79 Å². The fraction of sp³-hybridized carbons (Fsp3) is 0.286. The Bertz CT molecular complexity index is 607. The Hall–Kier alpha value is -1.88. The number of aromatic nitrogens is 1. The van der Waals surface area contributed by atoms with Gasteiger partial charge in [-0.15, -0.1) is 11.3 Å². The predicted molar refractivity (Wildman–Crippen MR) is 75.5 cm³/mol. The Labute approximate surface area is 116 Å². The molecular weight excluding hydrogens is 260 g/mol. The lowest BCUT2D eigenvalue weighted by Gasteiger charge is -2.18. The first-order chi connectivity index (χ1) is 9.00. The second kappa shape index (κ2) is 5.40. The molecule has 1 amide bonds. The first-order valence-corrected chi connectivity index (χ1v) is 6.81. The van der Waals surface area contributed by atoms with Crippen LogP contribution in [0.1, 0.15) is 26.5 Å². The van der Waals surface area contributed by atoms with E-state index in [0.717, 1.165) is 10.6 Å². The van der Waals surface area contributed by atoms with Gasteiger partial charge in [-0.05, 0) is 26.0 Å². The van der Waals surface area contributed by atoms with E-state index < -0.39 is 0 Å². The number of thiazole rings is 1. The minimum atomic E-state index is -0.0961. The average Bonchev–Trinajstić information content (AvgIpc) is 2.77. The molecule has 0 saturated heterocycles. The zero-order valence-electron chi connectivity index (χ0n) is 11.2. The quantitative estimate of drug-likeness (QED) is 0.937. The van der Waals surface area contributed by atoms with Gasteiger partial charge in [0, 0.05) is 23.1 Å². The summed E-state index contributed by atoms with van der Waals surface area (Å²) in [7, 11) is 1.75. The van der Waals surface area contributed by atoms with Crippen molar-refractivity contribution in [3.63, 3.8) is 0 Å². The number of phenols is 1. The predicted octanol–water partition coefficient (Wildman–Crippen LogP) is 2.74. The number of hydrogen-bond donors (Lipinski definition) is 1. The number of carbonyl (C=O) groups excluding carboxylic acids is 1. The smallest absolute Gasteiger partial charge is 0.254 e. The van der Waals surface area contributed by atoms with E-state index in [-0.39, 0.29) is 11.7 Å². The number of rotatable bonds is 3. The van der Waals surface area contributed by atoms with Crippen molar-refractivity contribution in [3.05, 3.63) is 45.4 Å². The topological polar surface area (TPSA) is 53.4 Å². The normalized spacial score (nSPS) is 10.5. The van der Waals surface area contributed by atoms with Crippen LogP contribution in [0.3, 0.4) is 0 Å². The molecule has 0 aliphatic carbocycles. The van der Waals surface area contributed by atoms with E-state index in [4.69, 9.17) is 0 Å². The number of nitrogens with zero attached hydrogens (tertiary/aromatic N) is 2. The molecule has 19 heavy (non-hydrogen) atoms. The van der Waals surface area contributed by atoms with Crippen LogP contribution in [0.2, 0.25) is 0 Å². The third kappa shape index (κ3) is 2.76. The lowest BCUT2D eigenvalue weighted by molar-refractivity contribution is 0.0785. The first-order valence-electron chi connectivity index (χ1n) is 5.93. The molecule has 0 aliphatic rings. The Morgan fingerprint density at radius 2 is 2.16 bits per heavy atom. The van der Waals surface area contributed by atoms with Crippen LogP contribution in [-0.2, 0) is 6.54 Å². The highest BCUT2D eigenvalue weighted by Crippen LogP contribution is 2.22. The van der Waals surface area contributed by atoms with Gasteiger partial charge >= 0.3 is 0 Å². The lowest BCUT2D eigenvalue weighted by Crippen LogP contribution is -2.26. The van der Waals surface area contributed by atoms with Crippen LogP contribution >= 0.6 is 11.3 Å². The second-order valence-electron chi connectivity index (χ2n) is 4.47. The van der Waals surface area contributed by atoms with Gasteiger partial charge in [0.15, 0.2) is 0 Å². The van der Waals surface area contributed by atoms with Crippen molar-refractivity contribution < 1.29 is 9.90 Å². The lowest BCUT2D eigenvalue weighted by atomic mass is 10.1. The van der Waals surface area contributed by atoms with E-state index in [1.54, 1.807) is 53.9 Å². The summed E-state index contributed by atoms with van der Waals surface area (Å²) in [6.07, 6.45) is 0. The molecular formula is C14H16N2O2S. The highest BCUT2D eigenvalue weighted by Gasteiger charge is 2.17. The van der Waals surface area contributed by atoms with Crippen LogP contribution in [0.5, 0.6) is 5.75 Å². The minimum absolute atomic E-state index is 0.0961. The van der Waals surface area contributed by atoms with Gasteiger partial charge < -0.3 is 10.0 Å². The molecule has 2 aromatic rings. The maximum absolute atomic E-state index is 12.4. The summed E-state index contributed by atoms with van der Waals surface area (Å²) in [6.45, 7) is 4.21. The molecule has 1 aromatic carbocycles. The number of carbonyl (C=O) groups is 1. The summed E-state index contributed by atoms with van der Waals surface area (Å²) in [6, 6.07) is 4.99. The minimum Gasteiger partial charge on any atom is -0.508 e. The van der Waals surface area contributed by atoms with Crippen molar-refractivity contribution in [1.82, 2.24) is 9.88 Å². The molecule has 0 atom stereocenters. The molecule has 100 valence electrons. The fourth-order valence-corrected chi connectivity index (χ4v) is 2.66. The molecule has 2 rings (SSSR count). The van der Waals surface area contributed by atoms with Crippen molar-refractivity contribution in [1.29, 1.82) is 0 Å². The molecule has 0 fully saturated rings. The van der Waals surface area contributed by atoms with Crippen LogP contribution in [0.15, 0.2) is 23.7 Å².